The molecule has 6 rings (SSSR count). The van der Waals surface area contributed by atoms with E-state index in [0.717, 1.165) is 42.9 Å². The van der Waals surface area contributed by atoms with Gasteiger partial charge in [-0.2, -0.15) is 0 Å². The van der Waals surface area contributed by atoms with Crippen molar-refractivity contribution in [2.75, 3.05) is 19.6 Å². The molecule has 3 saturated heterocycles. The van der Waals surface area contributed by atoms with Crippen molar-refractivity contribution in [2.24, 2.45) is 5.92 Å². The Kier molecular flexibility index (Phi) is 3.71. The van der Waals surface area contributed by atoms with Crippen LogP contribution in [0.15, 0.2) is 48.9 Å². The monoisotopic (exact) mass is 347 g/mol. The maximum atomic E-state index is 13.1. The minimum absolute atomic E-state index is 0.0760. The molecule has 1 aromatic carbocycles. The van der Waals surface area contributed by atoms with Gasteiger partial charge >= 0.3 is 0 Å². The number of aromatic nitrogens is 3. The predicted molar refractivity (Wildman–Crippen MR) is 99.3 cm³/mol. The lowest BCUT2D eigenvalue weighted by atomic mass is 9.94. The van der Waals surface area contributed by atoms with E-state index in [1.807, 2.05) is 45.9 Å². The van der Waals surface area contributed by atoms with Crippen LogP contribution in [0.25, 0.3) is 16.9 Å². The highest BCUT2D eigenvalue weighted by Crippen LogP contribution is 2.26. The first-order valence-corrected chi connectivity index (χ1v) is 9.20. The van der Waals surface area contributed by atoms with Gasteiger partial charge in [0.15, 0.2) is 5.65 Å². The standard InChI is InChI=1S/C20H21N5O/c26-20(24-12-14-6-7-17(24)11-21-9-14)15-8-18-19(22-10-15)25(13-23-18)16-4-2-1-3-5-16/h1-5,8,10,13-14,17,21H,6-7,9,11-12H2/t14-,17+/m1/s1. The molecule has 3 aliphatic rings. The number of fused-ring (bicyclic) bond motifs is 5. The molecule has 0 spiro atoms. The van der Waals surface area contributed by atoms with Crippen LogP contribution >= 0.6 is 0 Å². The molecule has 0 unspecified atom stereocenters. The average Bonchev–Trinajstić information content (AvgIpc) is 2.85. The van der Waals surface area contributed by atoms with E-state index in [-0.39, 0.29) is 5.91 Å². The summed E-state index contributed by atoms with van der Waals surface area (Å²) in [5, 5.41) is 3.47. The number of nitrogens with one attached hydrogen (secondary N) is 1. The van der Waals surface area contributed by atoms with Crippen LogP contribution in [0.5, 0.6) is 0 Å². The molecule has 0 aliphatic carbocycles. The number of pyridine rings is 1. The molecule has 3 fully saturated rings. The highest BCUT2D eigenvalue weighted by molar-refractivity contribution is 5.96. The third-order valence-electron chi connectivity index (χ3n) is 5.55. The maximum Gasteiger partial charge on any atom is 0.255 e. The molecule has 2 aromatic heterocycles. The Hall–Kier alpha value is -2.73. The van der Waals surface area contributed by atoms with Gasteiger partial charge in [0.05, 0.1) is 5.56 Å². The molecule has 26 heavy (non-hydrogen) atoms. The summed E-state index contributed by atoms with van der Waals surface area (Å²) in [4.78, 5) is 24.1. The number of carbonyl (C=O) groups is 1. The predicted octanol–water partition coefficient (Wildman–Crippen LogP) is 2.24. The molecule has 5 heterocycles. The Morgan fingerprint density at radius 1 is 1.12 bits per heavy atom. The summed E-state index contributed by atoms with van der Waals surface area (Å²) >= 11 is 0. The van der Waals surface area contributed by atoms with Crippen LogP contribution in [0.1, 0.15) is 23.2 Å². The van der Waals surface area contributed by atoms with Crippen molar-refractivity contribution in [1.82, 2.24) is 24.8 Å². The minimum atomic E-state index is 0.0760. The summed E-state index contributed by atoms with van der Waals surface area (Å²) < 4.78 is 1.95. The van der Waals surface area contributed by atoms with Crippen molar-refractivity contribution in [2.45, 2.75) is 18.9 Å². The molecule has 1 N–H and O–H groups in total. The normalized spacial score (nSPS) is 22.5. The molecule has 1 amide bonds. The van der Waals surface area contributed by atoms with Crippen LogP contribution in [-0.2, 0) is 0 Å². The van der Waals surface area contributed by atoms with Gasteiger partial charge in [0, 0.05) is 31.0 Å². The van der Waals surface area contributed by atoms with E-state index in [0.29, 0.717) is 17.5 Å². The van der Waals surface area contributed by atoms with Gasteiger partial charge in [-0.1, -0.05) is 18.2 Å². The SMILES string of the molecule is O=C(c1cnc2c(c1)ncn2-c1ccccc1)N1C[C@@H]2CC[C@H]1CNC2. The number of amides is 1. The smallest absolute Gasteiger partial charge is 0.255 e. The topological polar surface area (TPSA) is 63.1 Å². The number of nitrogens with zero attached hydrogens (tertiary/aromatic N) is 4. The van der Waals surface area contributed by atoms with E-state index in [2.05, 4.69) is 15.3 Å². The van der Waals surface area contributed by atoms with Gasteiger partial charge in [-0.05, 0) is 43.5 Å². The van der Waals surface area contributed by atoms with Crippen molar-refractivity contribution in [1.29, 1.82) is 0 Å². The summed E-state index contributed by atoms with van der Waals surface area (Å²) in [6, 6.07) is 12.2. The average molecular weight is 347 g/mol. The van der Waals surface area contributed by atoms with Crippen LogP contribution in [-0.4, -0.2) is 51.0 Å². The van der Waals surface area contributed by atoms with Crippen molar-refractivity contribution >= 4 is 17.1 Å². The lowest BCUT2D eigenvalue weighted by molar-refractivity contribution is 0.0591. The first-order chi connectivity index (χ1) is 12.8. The maximum absolute atomic E-state index is 13.1. The minimum Gasteiger partial charge on any atom is -0.334 e. The Bertz CT molecular complexity index is 947. The second kappa shape index (κ2) is 6.21. The second-order valence-corrected chi connectivity index (χ2v) is 7.23. The third-order valence-corrected chi connectivity index (χ3v) is 5.55. The van der Waals surface area contributed by atoms with Crippen molar-refractivity contribution in [3.8, 4) is 5.69 Å². The number of hydrogen-bond acceptors (Lipinski definition) is 4. The van der Waals surface area contributed by atoms with E-state index in [9.17, 15) is 4.79 Å². The summed E-state index contributed by atoms with van der Waals surface area (Å²) in [5.74, 6) is 0.638. The highest BCUT2D eigenvalue weighted by atomic mass is 16.2. The second-order valence-electron chi connectivity index (χ2n) is 7.23. The van der Waals surface area contributed by atoms with Crippen molar-refractivity contribution < 1.29 is 4.79 Å². The van der Waals surface area contributed by atoms with E-state index < -0.39 is 0 Å². The fourth-order valence-electron chi connectivity index (χ4n) is 4.15. The largest absolute Gasteiger partial charge is 0.334 e. The van der Waals surface area contributed by atoms with Crippen LogP contribution in [0, 0.1) is 5.92 Å². The number of piperidine rings is 1. The fraction of sp³-hybridized carbons (Fsp3) is 0.350. The van der Waals surface area contributed by atoms with Gasteiger partial charge < -0.3 is 10.2 Å². The molecule has 132 valence electrons. The van der Waals surface area contributed by atoms with Gasteiger partial charge in [0.2, 0.25) is 0 Å². The summed E-state index contributed by atoms with van der Waals surface area (Å²) in [6.07, 6.45) is 5.75. The molecule has 3 aromatic rings. The zero-order valence-corrected chi connectivity index (χ0v) is 14.5. The summed E-state index contributed by atoms with van der Waals surface area (Å²) in [6.45, 7) is 2.74. The fourth-order valence-corrected chi connectivity index (χ4v) is 4.15. The lowest BCUT2D eigenvalue weighted by Gasteiger charge is -2.36. The molecule has 3 aliphatic heterocycles. The van der Waals surface area contributed by atoms with Crippen molar-refractivity contribution in [3.63, 3.8) is 0 Å². The molecular weight excluding hydrogens is 326 g/mol. The van der Waals surface area contributed by atoms with Crippen LogP contribution in [0.3, 0.4) is 0 Å². The van der Waals surface area contributed by atoms with E-state index >= 15 is 0 Å². The number of benzene rings is 1. The lowest BCUT2D eigenvalue weighted by Crippen LogP contribution is -2.47. The quantitative estimate of drug-likeness (QED) is 0.772. The van der Waals surface area contributed by atoms with Gasteiger partial charge in [-0.25, -0.2) is 9.97 Å². The molecule has 0 saturated carbocycles. The van der Waals surface area contributed by atoms with Gasteiger partial charge in [0.25, 0.3) is 5.91 Å². The van der Waals surface area contributed by atoms with E-state index in [1.165, 1.54) is 6.42 Å². The Morgan fingerprint density at radius 3 is 2.88 bits per heavy atom. The first kappa shape index (κ1) is 15.5. The van der Waals surface area contributed by atoms with Crippen molar-refractivity contribution in [3.05, 3.63) is 54.5 Å². The van der Waals surface area contributed by atoms with Gasteiger partial charge in [-0.15, -0.1) is 0 Å². The number of para-hydroxylation sites is 1. The zero-order valence-electron chi connectivity index (χ0n) is 14.5. The Labute approximate surface area is 151 Å². The van der Waals surface area contributed by atoms with Crippen LogP contribution < -0.4 is 5.32 Å². The molecule has 2 atom stereocenters. The molecule has 6 heteroatoms. The Balaban J connectivity index is 1.48. The van der Waals surface area contributed by atoms with Gasteiger partial charge in [0.1, 0.15) is 11.8 Å². The molecule has 6 nitrogen and oxygen atoms in total. The first-order valence-electron chi connectivity index (χ1n) is 9.20. The highest BCUT2D eigenvalue weighted by Gasteiger charge is 2.34. The number of imidazole rings is 1. The number of carbonyl (C=O) groups excluding carboxylic acids is 1. The number of hydrogen-bond donors (Lipinski definition) is 1. The zero-order chi connectivity index (χ0) is 17.5. The van der Waals surface area contributed by atoms with E-state index in [1.54, 1.807) is 12.5 Å². The van der Waals surface area contributed by atoms with Crippen LogP contribution in [0.4, 0.5) is 0 Å². The van der Waals surface area contributed by atoms with E-state index in [4.69, 9.17) is 0 Å². The summed E-state index contributed by atoms with van der Waals surface area (Å²) in [5.41, 5.74) is 3.16. The number of rotatable bonds is 2. The van der Waals surface area contributed by atoms with Gasteiger partial charge in [-0.3, -0.25) is 9.36 Å². The third kappa shape index (κ3) is 2.57. The summed E-state index contributed by atoms with van der Waals surface area (Å²) in [7, 11) is 0. The Morgan fingerprint density at radius 2 is 2.00 bits per heavy atom. The molecule has 2 bridgehead atoms. The molecule has 0 radical (unpaired) electrons. The van der Waals surface area contributed by atoms with Crippen LogP contribution in [0.2, 0.25) is 0 Å². The molecular formula is C20H21N5O.